The number of halogens is 1. The number of nitrogens with one attached hydrogen (secondary N) is 1. The number of nitrogens with zero attached hydrogens (tertiary/aromatic N) is 2. The Hall–Kier alpha value is -1.89. The molecule has 0 spiro atoms. The summed E-state index contributed by atoms with van der Waals surface area (Å²) in [5, 5.41) is 27.3. The van der Waals surface area contributed by atoms with Gasteiger partial charge in [0.15, 0.2) is 0 Å². The van der Waals surface area contributed by atoms with Crippen molar-refractivity contribution in [3.05, 3.63) is 41.0 Å². The molecule has 0 atom stereocenters. The van der Waals surface area contributed by atoms with E-state index >= 15 is 0 Å². The lowest BCUT2D eigenvalue weighted by atomic mass is 9.94. The maximum Gasteiger partial charge on any atom is 0.252 e. The number of hydrogen-bond donors (Lipinski definition) is 3. The highest BCUT2D eigenvalue weighted by molar-refractivity contribution is 6.34. The van der Waals surface area contributed by atoms with Gasteiger partial charge in [-0.3, -0.25) is 9.48 Å². The highest BCUT2D eigenvalue weighted by atomic mass is 35.5. The van der Waals surface area contributed by atoms with Crippen LogP contribution in [-0.2, 0) is 6.54 Å². The van der Waals surface area contributed by atoms with E-state index in [1.807, 2.05) is 12.1 Å². The van der Waals surface area contributed by atoms with E-state index in [9.17, 15) is 9.90 Å². The zero-order valence-corrected chi connectivity index (χ0v) is 16.1. The lowest BCUT2D eigenvalue weighted by Gasteiger charge is -2.26. The fourth-order valence-electron chi connectivity index (χ4n) is 3.50. The minimum Gasteiger partial charge on any atom is -0.394 e. The summed E-state index contributed by atoms with van der Waals surface area (Å²) < 4.78 is 1.64. The minimum atomic E-state index is -0.834. The number of aliphatic hydroxyl groups excluding tert-OH is 1. The zero-order chi connectivity index (χ0) is 19.3. The quantitative estimate of drug-likeness (QED) is 0.660. The third-order valence-corrected chi connectivity index (χ3v) is 5.42. The van der Waals surface area contributed by atoms with Crippen LogP contribution in [0.4, 0.5) is 0 Å². The van der Waals surface area contributed by atoms with Gasteiger partial charge in [-0.15, -0.1) is 0 Å². The zero-order valence-electron chi connectivity index (χ0n) is 15.3. The fraction of sp³-hybridized carbons (Fsp3) is 0.500. The van der Waals surface area contributed by atoms with Crippen LogP contribution in [-0.4, -0.2) is 44.7 Å². The molecule has 1 aliphatic rings. The van der Waals surface area contributed by atoms with Crippen molar-refractivity contribution in [1.29, 1.82) is 0 Å². The third-order valence-electron chi connectivity index (χ3n) is 5.09. The van der Waals surface area contributed by atoms with E-state index in [1.165, 1.54) is 0 Å². The van der Waals surface area contributed by atoms with Crippen molar-refractivity contribution in [3.8, 4) is 11.3 Å². The first-order chi connectivity index (χ1) is 13.0. The molecular weight excluding hydrogens is 366 g/mol. The third kappa shape index (κ3) is 5.09. The van der Waals surface area contributed by atoms with Crippen LogP contribution in [0.5, 0.6) is 0 Å². The second kappa shape index (κ2) is 8.87. The van der Waals surface area contributed by atoms with Crippen LogP contribution >= 0.6 is 11.6 Å². The molecule has 3 rings (SSSR count). The van der Waals surface area contributed by atoms with E-state index in [0.717, 1.165) is 31.2 Å². The molecule has 1 heterocycles. The van der Waals surface area contributed by atoms with E-state index < -0.39 is 5.60 Å². The average molecular weight is 392 g/mol. The van der Waals surface area contributed by atoms with Crippen molar-refractivity contribution in [3.63, 3.8) is 0 Å². The smallest absolute Gasteiger partial charge is 0.252 e. The highest BCUT2D eigenvalue weighted by Gasteiger charge is 2.28. The van der Waals surface area contributed by atoms with Crippen molar-refractivity contribution in [2.24, 2.45) is 0 Å². The Labute approximate surface area is 164 Å². The van der Waals surface area contributed by atoms with E-state index in [1.54, 1.807) is 23.0 Å². The van der Waals surface area contributed by atoms with Gasteiger partial charge in [0.1, 0.15) is 0 Å². The molecule has 0 saturated heterocycles. The van der Waals surface area contributed by atoms with Gasteiger partial charge in [0.05, 0.1) is 35.0 Å². The molecule has 1 aromatic heterocycles. The number of carbonyl (C=O) groups is 1. The first-order valence-electron chi connectivity index (χ1n) is 9.46. The lowest BCUT2D eigenvalue weighted by molar-refractivity contribution is 0.0246. The first-order valence-corrected chi connectivity index (χ1v) is 9.83. The molecule has 1 fully saturated rings. The second-order valence-corrected chi connectivity index (χ2v) is 7.61. The molecule has 0 radical (unpaired) electrons. The number of hydrogen-bond acceptors (Lipinski definition) is 4. The largest absolute Gasteiger partial charge is 0.394 e. The van der Waals surface area contributed by atoms with Gasteiger partial charge in [-0.25, -0.2) is 0 Å². The summed E-state index contributed by atoms with van der Waals surface area (Å²) in [5.74, 6) is -0.297. The maximum atomic E-state index is 12.7. The Bertz CT molecular complexity index is 783. The van der Waals surface area contributed by atoms with Gasteiger partial charge in [-0.1, -0.05) is 43.4 Å². The molecule has 1 amide bonds. The summed E-state index contributed by atoms with van der Waals surface area (Å²) in [6, 6.07) is 7.02. The topological polar surface area (TPSA) is 87.4 Å². The Balaban J connectivity index is 1.72. The molecule has 1 aromatic carbocycles. The summed E-state index contributed by atoms with van der Waals surface area (Å²) in [5.41, 5.74) is 1.01. The van der Waals surface area contributed by atoms with Crippen LogP contribution in [0, 0.1) is 0 Å². The van der Waals surface area contributed by atoms with Gasteiger partial charge in [0.25, 0.3) is 5.91 Å². The summed E-state index contributed by atoms with van der Waals surface area (Å²) in [4.78, 5) is 12.7. The SMILES string of the molecule is O=C(NCC1(O)CCCCCC1)c1cc(-c2ccn(CCO)n2)ccc1Cl. The fourth-order valence-corrected chi connectivity index (χ4v) is 3.71. The van der Waals surface area contributed by atoms with Crippen LogP contribution in [0.25, 0.3) is 11.3 Å². The monoisotopic (exact) mass is 391 g/mol. The summed E-state index contributed by atoms with van der Waals surface area (Å²) >= 11 is 6.23. The van der Waals surface area contributed by atoms with Crippen molar-refractivity contribution in [2.45, 2.75) is 50.7 Å². The number of rotatable bonds is 6. The van der Waals surface area contributed by atoms with Crippen molar-refractivity contribution < 1.29 is 15.0 Å². The second-order valence-electron chi connectivity index (χ2n) is 7.20. The summed E-state index contributed by atoms with van der Waals surface area (Å²) in [7, 11) is 0. The first kappa shape index (κ1) is 19.9. The molecule has 1 aliphatic carbocycles. The Kier molecular flexibility index (Phi) is 6.52. The average Bonchev–Trinajstić information content (AvgIpc) is 3.01. The van der Waals surface area contributed by atoms with Gasteiger partial charge in [-0.2, -0.15) is 5.10 Å². The molecule has 0 bridgehead atoms. The number of benzene rings is 1. The van der Waals surface area contributed by atoms with E-state index in [-0.39, 0.29) is 19.1 Å². The Morgan fingerprint density at radius 3 is 2.67 bits per heavy atom. The van der Waals surface area contributed by atoms with E-state index in [0.29, 0.717) is 35.7 Å². The number of aliphatic hydroxyl groups is 2. The number of amides is 1. The highest BCUT2D eigenvalue weighted by Crippen LogP contribution is 2.27. The predicted octanol–water partition coefficient (Wildman–Crippen LogP) is 3.01. The van der Waals surface area contributed by atoms with Gasteiger partial charge in [0, 0.05) is 18.3 Å². The summed E-state index contributed by atoms with van der Waals surface area (Å²) in [6.07, 6.45) is 7.44. The van der Waals surface area contributed by atoms with E-state index in [4.69, 9.17) is 16.7 Å². The van der Waals surface area contributed by atoms with Crippen molar-refractivity contribution in [1.82, 2.24) is 15.1 Å². The standard InChI is InChI=1S/C20H26ClN3O3/c21-17-6-5-15(18-7-10-24(23-18)11-12-25)13-16(17)19(26)22-14-20(27)8-3-1-2-4-9-20/h5-7,10,13,25,27H,1-4,8-9,11-12,14H2,(H,22,26). The molecule has 27 heavy (non-hydrogen) atoms. The molecule has 1 saturated carbocycles. The summed E-state index contributed by atoms with van der Waals surface area (Å²) in [6.45, 7) is 0.662. The molecular formula is C20H26ClN3O3. The van der Waals surface area contributed by atoms with E-state index in [2.05, 4.69) is 10.4 Å². The van der Waals surface area contributed by atoms with Gasteiger partial charge in [-0.05, 0) is 31.0 Å². The van der Waals surface area contributed by atoms with Crippen molar-refractivity contribution in [2.75, 3.05) is 13.2 Å². The Morgan fingerprint density at radius 2 is 1.96 bits per heavy atom. The Morgan fingerprint density at radius 1 is 1.22 bits per heavy atom. The molecule has 6 nitrogen and oxygen atoms in total. The normalized spacial score (nSPS) is 16.7. The molecule has 146 valence electrons. The van der Waals surface area contributed by atoms with Crippen molar-refractivity contribution >= 4 is 17.5 Å². The molecule has 0 aliphatic heterocycles. The predicted molar refractivity (Wildman–Crippen MR) is 105 cm³/mol. The maximum absolute atomic E-state index is 12.7. The number of aromatic nitrogens is 2. The van der Waals surface area contributed by atoms with Crippen LogP contribution in [0.1, 0.15) is 48.9 Å². The van der Waals surface area contributed by atoms with Crippen LogP contribution in [0.2, 0.25) is 5.02 Å². The van der Waals surface area contributed by atoms with Gasteiger partial charge in [0.2, 0.25) is 0 Å². The van der Waals surface area contributed by atoms with Crippen LogP contribution in [0.3, 0.4) is 0 Å². The molecule has 2 aromatic rings. The minimum absolute atomic E-state index is 0.0122. The van der Waals surface area contributed by atoms with Gasteiger partial charge >= 0.3 is 0 Å². The lowest BCUT2D eigenvalue weighted by Crippen LogP contribution is -2.42. The van der Waals surface area contributed by atoms with Crippen LogP contribution in [0.15, 0.2) is 30.5 Å². The van der Waals surface area contributed by atoms with Gasteiger partial charge < -0.3 is 15.5 Å². The van der Waals surface area contributed by atoms with Crippen LogP contribution < -0.4 is 5.32 Å². The molecule has 7 heteroatoms. The number of carbonyl (C=O) groups excluding carboxylic acids is 1. The molecule has 3 N–H and O–H groups in total. The molecule has 0 unspecified atom stereocenters.